The number of nitrogens with zero attached hydrogens (tertiary/aromatic N) is 1. The molecule has 1 aliphatic heterocycles. The van der Waals surface area contributed by atoms with E-state index in [1.54, 1.807) is 0 Å². The fourth-order valence-electron chi connectivity index (χ4n) is 2.37. The first-order valence-corrected chi connectivity index (χ1v) is 6.70. The Kier molecular flexibility index (Phi) is 3.62. The molecule has 19 heavy (non-hydrogen) atoms. The number of benzene rings is 1. The Bertz CT molecular complexity index is 565. The Morgan fingerprint density at radius 1 is 1.26 bits per heavy atom. The van der Waals surface area contributed by atoms with Crippen LogP contribution in [-0.4, -0.2) is 24.3 Å². The fraction of sp³-hybridized carbons (Fsp3) is 0.400. The number of pyridine rings is 1. The molecule has 0 aliphatic carbocycles. The van der Waals surface area contributed by atoms with Gasteiger partial charge in [0, 0.05) is 24.8 Å². The van der Waals surface area contributed by atoms with Crippen molar-refractivity contribution in [2.24, 2.45) is 5.73 Å². The molecule has 1 fully saturated rings. The zero-order chi connectivity index (χ0) is 13.1. The minimum atomic E-state index is 0.192. The molecule has 1 aromatic carbocycles. The zero-order valence-corrected chi connectivity index (χ0v) is 10.8. The van der Waals surface area contributed by atoms with Gasteiger partial charge in [0.1, 0.15) is 6.10 Å². The molecular weight excluding hydrogens is 240 g/mol. The van der Waals surface area contributed by atoms with Gasteiger partial charge in [0.15, 0.2) is 0 Å². The number of hydrogen-bond acceptors (Lipinski definition) is 4. The highest BCUT2D eigenvalue weighted by Gasteiger charge is 2.17. The first-order valence-electron chi connectivity index (χ1n) is 6.70. The molecule has 0 radical (unpaired) electrons. The van der Waals surface area contributed by atoms with Gasteiger partial charge < -0.3 is 15.2 Å². The van der Waals surface area contributed by atoms with Gasteiger partial charge in [0.25, 0.3) is 0 Å². The number of nitrogens with two attached hydrogens (primary N) is 1. The van der Waals surface area contributed by atoms with Crippen LogP contribution < -0.4 is 10.5 Å². The summed E-state index contributed by atoms with van der Waals surface area (Å²) in [6.45, 7) is 1.95. The van der Waals surface area contributed by atoms with E-state index in [0.29, 0.717) is 12.4 Å². The molecule has 3 rings (SSSR count). The lowest BCUT2D eigenvalue weighted by Gasteiger charge is -2.23. The van der Waals surface area contributed by atoms with Crippen molar-refractivity contribution >= 4 is 10.8 Å². The maximum absolute atomic E-state index is 6.06. The van der Waals surface area contributed by atoms with Crippen molar-refractivity contribution in [1.29, 1.82) is 0 Å². The molecule has 0 amide bonds. The molecular formula is C15H18N2O2. The Hall–Kier alpha value is -1.65. The molecule has 1 aliphatic rings. The van der Waals surface area contributed by atoms with Crippen molar-refractivity contribution in [3.63, 3.8) is 0 Å². The van der Waals surface area contributed by atoms with Gasteiger partial charge in [-0.2, -0.15) is 0 Å². The average Bonchev–Trinajstić information content (AvgIpc) is 2.48. The minimum Gasteiger partial charge on any atom is -0.474 e. The lowest BCUT2D eigenvalue weighted by Crippen LogP contribution is -2.26. The summed E-state index contributed by atoms with van der Waals surface area (Å²) in [5.41, 5.74) is 6.57. The molecule has 2 heterocycles. The number of fused-ring (bicyclic) bond motifs is 1. The van der Waals surface area contributed by atoms with Crippen LogP contribution in [0.15, 0.2) is 30.3 Å². The second kappa shape index (κ2) is 5.55. The van der Waals surface area contributed by atoms with Gasteiger partial charge >= 0.3 is 0 Å². The summed E-state index contributed by atoms with van der Waals surface area (Å²) in [6.07, 6.45) is 2.03. The van der Waals surface area contributed by atoms with Crippen molar-refractivity contribution in [2.45, 2.75) is 25.5 Å². The van der Waals surface area contributed by atoms with Crippen LogP contribution in [0.1, 0.15) is 18.5 Å². The van der Waals surface area contributed by atoms with E-state index < -0.39 is 0 Å². The normalized spacial score (nSPS) is 16.7. The molecule has 4 nitrogen and oxygen atoms in total. The van der Waals surface area contributed by atoms with Gasteiger partial charge in [-0.25, -0.2) is 4.98 Å². The molecule has 2 N–H and O–H groups in total. The zero-order valence-electron chi connectivity index (χ0n) is 10.8. The largest absolute Gasteiger partial charge is 0.474 e. The number of ether oxygens (including phenoxy) is 2. The quantitative estimate of drug-likeness (QED) is 0.917. The summed E-state index contributed by atoms with van der Waals surface area (Å²) in [6, 6.07) is 10.1. The summed E-state index contributed by atoms with van der Waals surface area (Å²) in [7, 11) is 0. The Morgan fingerprint density at radius 3 is 2.84 bits per heavy atom. The predicted octanol–water partition coefficient (Wildman–Crippen LogP) is 2.25. The topological polar surface area (TPSA) is 57.4 Å². The van der Waals surface area contributed by atoms with Gasteiger partial charge in [-0.05, 0) is 17.5 Å². The molecule has 4 heteroatoms. The van der Waals surface area contributed by atoms with Gasteiger partial charge in [-0.15, -0.1) is 0 Å². The smallest absolute Gasteiger partial charge is 0.221 e. The highest BCUT2D eigenvalue weighted by atomic mass is 16.5. The summed E-state index contributed by atoms with van der Waals surface area (Å²) >= 11 is 0. The molecule has 0 saturated carbocycles. The molecule has 2 aromatic rings. The Balaban J connectivity index is 1.95. The molecule has 0 atom stereocenters. The van der Waals surface area contributed by atoms with Crippen LogP contribution in [0.4, 0.5) is 0 Å². The van der Waals surface area contributed by atoms with Crippen LogP contribution in [0.2, 0.25) is 0 Å². The lowest BCUT2D eigenvalue weighted by atomic mass is 10.1. The lowest BCUT2D eigenvalue weighted by molar-refractivity contribution is 0.0243. The van der Waals surface area contributed by atoms with Crippen molar-refractivity contribution in [3.8, 4) is 5.88 Å². The number of aromatic nitrogens is 1. The van der Waals surface area contributed by atoms with E-state index in [-0.39, 0.29) is 6.10 Å². The van der Waals surface area contributed by atoms with Gasteiger partial charge in [0.05, 0.1) is 18.9 Å². The number of rotatable bonds is 3. The fourth-order valence-corrected chi connectivity index (χ4v) is 2.37. The second-order valence-corrected chi connectivity index (χ2v) is 4.77. The van der Waals surface area contributed by atoms with E-state index in [2.05, 4.69) is 11.1 Å². The summed E-state index contributed by atoms with van der Waals surface area (Å²) in [5.74, 6) is 0.699. The van der Waals surface area contributed by atoms with E-state index in [1.807, 2.05) is 24.3 Å². The second-order valence-electron chi connectivity index (χ2n) is 4.77. The molecule has 1 saturated heterocycles. The van der Waals surface area contributed by atoms with Crippen molar-refractivity contribution < 1.29 is 9.47 Å². The first-order chi connectivity index (χ1) is 9.36. The molecule has 100 valence electrons. The van der Waals surface area contributed by atoms with Crippen LogP contribution in [0.25, 0.3) is 10.8 Å². The maximum atomic E-state index is 6.06. The molecule has 0 spiro atoms. The summed E-state index contributed by atoms with van der Waals surface area (Å²) < 4.78 is 11.4. The standard InChI is InChI=1S/C15H18N2O2/c16-10-12-9-11-3-1-2-4-14(11)15(17-12)19-13-5-7-18-8-6-13/h1-4,9,13H,5-8,10,16H2. The van der Waals surface area contributed by atoms with E-state index >= 15 is 0 Å². The van der Waals surface area contributed by atoms with Crippen molar-refractivity contribution in [3.05, 3.63) is 36.0 Å². The van der Waals surface area contributed by atoms with Crippen LogP contribution >= 0.6 is 0 Å². The summed E-state index contributed by atoms with van der Waals surface area (Å²) in [4.78, 5) is 4.53. The molecule has 0 bridgehead atoms. The highest BCUT2D eigenvalue weighted by Crippen LogP contribution is 2.26. The highest BCUT2D eigenvalue weighted by molar-refractivity contribution is 5.87. The third-order valence-electron chi connectivity index (χ3n) is 3.41. The van der Waals surface area contributed by atoms with Crippen LogP contribution in [0, 0.1) is 0 Å². The van der Waals surface area contributed by atoms with Crippen LogP contribution in [0.3, 0.4) is 0 Å². The molecule has 0 unspecified atom stereocenters. The van der Waals surface area contributed by atoms with Gasteiger partial charge in [0.2, 0.25) is 5.88 Å². The SMILES string of the molecule is NCc1cc2ccccc2c(OC2CCOCC2)n1. The van der Waals surface area contributed by atoms with E-state index in [0.717, 1.165) is 42.5 Å². The van der Waals surface area contributed by atoms with E-state index in [9.17, 15) is 0 Å². The van der Waals surface area contributed by atoms with Crippen LogP contribution in [-0.2, 0) is 11.3 Å². The maximum Gasteiger partial charge on any atom is 0.221 e. The Labute approximate surface area is 112 Å². The van der Waals surface area contributed by atoms with Crippen molar-refractivity contribution in [2.75, 3.05) is 13.2 Å². The van der Waals surface area contributed by atoms with Crippen LogP contribution in [0.5, 0.6) is 5.88 Å². The van der Waals surface area contributed by atoms with E-state index in [1.165, 1.54) is 0 Å². The third-order valence-corrected chi connectivity index (χ3v) is 3.41. The Morgan fingerprint density at radius 2 is 2.05 bits per heavy atom. The third kappa shape index (κ3) is 2.69. The first kappa shape index (κ1) is 12.4. The minimum absolute atomic E-state index is 0.192. The number of hydrogen-bond donors (Lipinski definition) is 1. The van der Waals surface area contributed by atoms with Crippen molar-refractivity contribution in [1.82, 2.24) is 4.98 Å². The monoisotopic (exact) mass is 258 g/mol. The molecule has 1 aromatic heterocycles. The summed E-state index contributed by atoms with van der Waals surface area (Å²) in [5, 5.41) is 2.17. The average molecular weight is 258 g/mol. The van der Waals surface area contributed by atoms with E-state index in [4.69, 9.17) is 15.2 Å². The van der Waals surface area contributed by atoms with Gasteiger partial charge in [-0.3, -0.25) is 0 Å². The predicted molar refractivity (Wildman–Crippen MR) is 74.1 cm³/mol. The van der Waals surface area contributed by atoms with Gasteiger partial charge in [-0.1, -0.05) is 18.2 Å².